The molecular formula is C8H20N2. The van der Waals surface area contributed by atoms with Gasteiger partial charge in [-0.15, -0.1) is 0 Å². The lowest BCUT2D eigenvalue weighted by molar-refractivity contribution is 0.438. The van der Waals surface area contributed by atoms with Gasteiger partial charge in [-0.05, 0) is 13.5 Å². The molecule has 0 aliphatic carbocycles. The molecular weight excluding hydrogens is 124 g/mol. The van der Waals surface area contributed by atoms with Crippen LogP contribution in [-0.2, 0) is 0 Å². The van der Waals surface area contributed by atoms with Crippen molar-refractivity contribution in [2.45, 2.75) is 39.3 Å². The van der Waals surface area contributed by atoms with Gasteiger partial charge in [0, 0.05) is 18.6 Å². The first kappa shape index (κ1) is 9.92. The van der Waals surface area contributed by atoms with Crippen molar-refractivity contribution >= 4 is 0 Å². The lowest BCUT2D eigenvalue weighted by Gasteiger charge is -2.18. The zero-order valence-electron chi connectivity index (χ0n) is 7.57. The molecule has 1 atom stereocenters. The third-order valence-electron chi connectivity index (χ3n) is 1.51. The average molecular weight is 144 g/mol. The third kappa shape index (κ3) is 4.77. The Kier molecular flexibility index (Phi) is 5.64. The van der Waals surface area contributed by atoms with Crippen molar-refractivity contribution in [3.05, 3.63) is 0 Å². The van der Waals surface area contributed by atoms with Crippen LogP contribution >= 0.6 is 0 Å². The molecule has 0 rings (SSSR count). The zero-order chi connectivity index (χ0) is 7.98. The largest absolute Gasteiger partial charge is 0.318 e. The molecule has 0 fully saturated rings. The first-order chi connectivity index (χ1) is 4.70. The Morgan fingerprint density at radius 2 is 1.90 bits per heavy atom. The Morgan fingerprint density at radius 1 is 1.30 bits per heavy atom. The van der Waals surface area contributed by atoms with Gasteiger partial charge in [-0.2, -0.15) is 0 Å². The molecule has 2 heteroatoms. The Labute approximate surface area is 64.4 Å². The highest BCUT2D eigenvalue weighted by Gasteiger charge is 2.04. The Hall–Kier alpha value is -0.0800. The number of hydrogen-bond acceptors (Lipinski definition) is 2. The number of hydrogen-bond donors (Lipinski definition) is 2. The molecule has 0 aliphatic heterocycles. The lowest BCUT2D eigenvalue weighted by atomic mass is 10.2. The predicted molar refractivity (Wildman–Crippen MR) is 46.3 cm³/mol. The molecule has 0 heterocycles. The average Bonchev–Trinajstić information content (AvgIpc) is 1.86. The van der Waals surface area contributed by atoms with Gasteiger partial charge >= 0.3 is 0 Å². The minimum Gasteiger partial charge on any atom is -0.318 e. The summed E-state index contributed by atoms with van der Waals surface area (Å²) in [6.45, 7) is 7.63. The van der Waals surface area contributed by atoms with Gasteiger partial charge in [0.25, 0.3) is 0 Å². The molecule has 0 amide bonds. The summed E-state index contributed by atoms with van der Waals surface area (Å²) < 4.78 is 0. The highest BCUT2D eigenvalue weighted by atomic mass is 15.0. The predicted octanol–water partition coefficient (Wildman–Crippen LogP) is 0.982. The minimum absolute atomic E-state index is 0.596. The molecule has 0 unspecified atom stereocenters. The van der Waals surface area contributed by atoms with E-state index in [0.717, 1.165) is 6.54 Å². The van der Waals surface area contributed by atoms with E-state index in [1.165, 1.54) is 6.42 Å². The van der Waals surface area contributed by atoms with Crippen LogP contribution in [0.15, 0.2) is 0 Å². The molecule has 0 aliphatic rings. The Balaban J connectivity index is 3.39. The van der Waals surface area contributed by atoms with E-state index in [-0.39, 0.29) is 0 Å². The fraction of sp³-hybridized carbons (Fsp3) is 1.00. The van der Waals surface area contributed by atoms with Crippen LogP contribution in [0, 0.1) is 0 Å². The van der Waals surface area contributed by atoms with E-state index in [0.29, 0.717) is 12.1 Å². The van der Waals surface area contributed by atoms with E-state index in [9.17, 15) is 0 Å². The van der Waals surface area contributed by atoms with Crippen LogP contribution < -0.4 is 10.6 Å². The summed E-state index contributed by atoms with van der Waals surface area (Å²) in [5.74, 6) is 0. The molecule has 10 heavy (non-hydrogen) atoms. The molecule has 0 aromatic carbocycles. The molecule has 0 spiro atoms. The molecule has 2 N–H and O–H groups in total. The van der Waals surface area contributed by atoms with Crippen molar-refractivity contribution in [2.75, 3.05) is 13.6 Å². The van der Waals surface area contributed by atoms with E-state index in [4.69, 9.17) is 0 Å². The minimum atomic E-state index is 0.596. The van der Waals surface area contributed by atoms with Crippen molar-refractivity contribution in [1.29, 1.82) is 0 Å². The SMILES string of the molecule is CC[C@H](CNC)NC(C)C. The van der Waals surface area contributed by atoms with Crippen molar-refractivity contribution in [1.82, 2.24) is 10.6 Å². The second-order valence-corrected chi connectivity index (χ2v) is 2.98. The van der Waals surface area contributed by atoms with Crippen LogP contribution in [0.1, 0.15) is 27.2 Å². The number of nitrogens with one attached hydrogen (secondary N) is 2. The maximum Gasteiger partial charge on any atom is 0.0192 e. The fourth-order valence-electron chi connectivity index (χ4n) is 1.04. The lowest BCUT2D eigenvalue weighted by Crippen LogP contribution is -2.40. The quantitative estimate of drug-likeness (QED) is 0.601. The molecule has 0 aromatic heterocycles. The summed E-state index contributed by atoms with van der Waals surface area (Å²) in [7, 11) is 1.99. The van der Waals surface area contributed by atoms with E-state index in [1.807, 2.05) is 7.05 Å². The second kappa shape index (κ2) is 5.69. The van der Waals surface area contributed by atoms with Crippen LogP contribution in [0.4, 0.5) is 0 Å². The van der Waals surface area contributed by atoms with E-state index < -0.39 is 0 Å². The summed E-state index contributed by atoms with van der Waals surface area (Å²) in [6, 6.07) is 1.23. The van der Waals surface area contributed by atoms with Crippen LogP contribution in [0.3, 0.4) is 0 Å². The van der Waals surface area contributed by atoms with Crippen molar-refractivity contribution in [2.24, 2.45) is 0 Å². The highest BCUT2D eigenvalue weighted by molar-refractivity contribution is 4.68. The van der Waals surface area contributed by atoms with Gasteiger partial charge in [0.05, 0.1) is 0 Å². The van der Waals surface area contributed by atoms with Crippen molar-refractivity contribution in [3.8, 4) is 0 Å². The maximum atomic E-state index is 3.47. The Morgan fingerprint density at radius 3 is 2.20 bits per heavy atom. The maximum absolute atomic E-state index is 3.47. The van der Waals surface area contributed by atoms with Gasteiger partial charge in [0.2, 0.25) is 0 Å². The smallest absolute Gasteiger partial charge is 0.0192 e. The standard InChI is InChI=1S/C8H20N2/c1-5-8(6-9-4)10-7(2)3/h7-10H,5-6H2,1-4H3/t8-/m1/s1. The molecule has 0 bridgehead atoms. The van der Waals surface area contributed by atoms with Crippen molar-refractivity contribution < 1.29 is 0 Å². The van der Waals surface area contributed by atoms with E-state index in [2.05, 4.69) is 31.4 Å². The normalized spacial score (nSPS) is 14.1. The van der Waals surface area contributed by atoms with Crippen LogP contribution in [-0.4, -0.2) is 25.7 Å². The van der Waals surface area contributed by atoms with Gasteiger partial charge in [0.15, 0.2) is 0 Å². The monoisotopic (exact) mass is 144 g/mol. The summed E-state index contributed by atoms with van der Waals surface area (Å²) >= 11 is 0. The van der Waals surface area contributed by atoms with Gasteiger partial charge in [0.1, 0.15) is 0 Å². The fourth-order valence-corrected chi connectivity index (χ4v) is 1.04. The molecule has 0 saturated heterocycles. The first-order valence-corrected chi connectivity index (χ1v) is 4.11. The van der Waals surface area contributed by atoms with Gasteiger partial charge in [-0.25, -0.2) is 0 Å². The van der Waals surface area contributed by atoms with Crippen LogP contribution in [0.2, 0.25) is 0 Å². The number of likely N-dealkylation sites (N-methyl/N-ethyl adjacent to an activating group) is 1. The van der Waals surface area contributed by atoms with Gasteiger partial charge < -0.3 is 10.6 Å². The zero-order valence-corrected chi connectivity index (χ0v) is 7.57. The van der Waals surface area contributed by atoms with Gasteiger partial charge in [-0.3, -0.25) is 0 Å². The summed E-state index contributed by atoms with van der Waals surface area (Å²) in [4.78, 5) is 0. The van der Waals surface area contributed by atoms with E-state index >= 15 is 0 Å². The Bertz CT molecular complexity index is 71.7. The third-order valence-corrected chi connectivity index (χ3v) is 1.51. The summed E-state index contributed by atoms with van der Waals surface area (Å²) in [6.07, 6.45) is 1.19. The van der Waals surface area contributed by atoms with Crippen molar-refractivity contribution in [3.63, 3.8) is 0 Å². The summed E-state index contributed by atoms with van der Waals surface area (Å²) in [5.41, 5.74) is 0. The van der Waals surface area contributed by atoms with Crippen LogP contribution in [0.5, 0.6) is 0 Å². The highest BCUT2D eigenvalue weighted by Crippen LogP contribution is 1.90. The molecule has 0 aromatic rings. The molecule has 2 nitrogen and oxygen atoms in total. The second-order valence-electron chi connectivity index (χ2n) is 2.98. The van der Waals surface area contributed by atoms with Crippen LogP contribution in [0.25, 0.3) is 0 Å². The number of rotatable bonds is 5. The van der Waals surface area contributed by atoms with Gasteiger partial charge in [-0.1, -0.05) is 20.8 Å². The molecule has 62 valence electrons. The molecule has 0 radical (unpaired) electrons. The topological polar surface area (TPSA) is 24.1 Å². The first-order valence-electron chi connectivity index (χ1n) is 4.11. The molecule has 0 saturated carbocycles. The van der Waals surface area contributed by atoms with E-state index in [1.54, 1.807) is 0 Å². The summed E-state index contributed by atoms with van der Waals surface area (Å²) in [5, 5.41) is 6.63.